The highest BCUT2D eigenvalue weighted by atomic mass is 16.5. The predicted molar refractivity (Wildman–Crippen MR) is 121 cm³/mol. The summed E-state index contributed by atoms with van der Waals surface area (Å²) in [7, 11) is 1.55. The number of amides is 1. The van der Waals surface area contributed by atoms with E-state index in [4.69, 9.17) is 4.74 Å². The highest BCUT2D eigenvalue weighted by Gasteiger charge is 2.51. The van der Waals surface area contributed by atoms with E-state index in [1.165, 1.54) is 17.0 Å². The van der Waals surface area contributed by atoms with Crippen LogP contribution in [-0.2, 0) is 9.59 Å². The zero-order chi connectivity index (χ0) is 23.4. The number of phenols is 1. The smallest absolute Gasteiger partial charge is 0.291 e. The van der Waals surface area contributed by atoms with Crippen LogP contribution in [0.4, 0.5) is 0 Å². The van der Waals surface area contributed by atoms with E-state index in [2.05, 4.69) is 4.90 Å². The maximum atomic E-state index is 13.5. The van der Waals surface area contributed by atoms with Crippen LogP contribution in [0.1, 0.15) is 41.4 Å². The van der Waals surface area contributed by atoms with Crippen LogP contribution in [0.3, 0.4) is 0 Å². The third-order valence-corrected chi connectivity index (χ3v) is 6.15. The Bertz CT molecular complexity index is 998. The molecule has 0 bridgehead atoms. The van der Waals surface area contributed by atoms with Crippen molar-refractivity contribution in [3.63, 3.8) is 0 Å². The lowest BCUT2D eigenvalue weighted by Gasteiger charge is -2.29. The number of methoxy groups -OCH3 is 1. The van der Waals surface area contributed by atoms with Gasteiger partial charge < -0.3 is 19.6 Å². The highest BCUT2D eigenvalue weighted by Crippen LogP contribution is 2.39. The number of Topliss-reactive ketones (excluding diaryl/α,β-unsaturated/α-hetero) is 2. The summed E-state index contributed by atoms with van der Waals surface area (Å²) in [6, 6.07) is 10.6. The Morgan fingerprint density at radius 1 is 1.09 bits per heavy atom. The first-order valence-electron chi connectivity index (χ1n) is 10.9. The number of ether oxygens (including phenoxy) is 1. The van der Waals surface area contributed by atoms with Crippen molar-refractivity contribution in [1.82, 2.24) is 9.80 Å². The normalized spacial score (nSPS) is 18.5. The van der Waals surface area contributed by atoms with E-state index >= 15 is 0 Å². The molecule has 7 nitrogen and oxygen atoms in total. The molecule has 1 fully saturated rings. The van der Waals surface area contributed by atoms with Crippen LogP contribution in [0.25, 0.3) is 0 Å². The zero-order valence-electron chi connectivity index (χ0n) is 19.0. The quantitative estimate of drug-likeness (QED) is 0.368. The van der Waals surface area contributed by atoms with E-state index < -0.39 is 29.4 Å². The fraction of sp³-hybridized carbons (Fsp3) is 0.400. The van der Waals surface area contributed by atoms with Crippen LogP contribution >= 0.6 is 0 Å². The third-order valence-electron chi connectivity index (χ3n) is 6.15. The van der Waals surface area contributed by atoms with Crippen LogP contribution in [0, 0.1) is 12.8 Å². The van der Waals surface area contributed by atoms with E-state index in [1.807, 2.05) is 20.8 Å². The van der Waals surface area contributed by atoms with Crippen molar-refractivity contribution in [1.29, 1.82) is 0 Å². The SMILES string of the molecule is CCN(CC)CCN1C(=O)C(=O)C(C(=O)c2ccc(OC)c(C)c2)C1c1ccc(O)cc1. The molecule has 1 aliphatic heterocycles. The zero-order valence-corrected chi connectivity index (χ0v) is 19.0. The second-order valence-electron chi connectivity index (χ2n) is 7.95. The summed E-state index contributed by atoms with van der Waals surface area (Å²) in [6.45, 7) is 8.48. The molecule has 170 valence electrons. The van der Waals surface area contributed by atoms with Crippen LogP contribution in [0.2, 0.25) is 0 Å². The number of carbonyl (C=O) groups excluding carboxylic acids is 3. The maximum absolute atomic E-state index is 13.5. The summed E-state index contributed by atoms with van der Waals surface area (Å²) in [6.07, 6.45) is 0. The molecule has 2 unspecified atom stereocenters. The molecule has 1 amide bonds. The van der Waals surface area contributed by atoms with Gasteiger partial charge in [0.05, 0.1) is 13.2 Å². The molecule has 0 aromatic heterocycles. The Balaban J connectivity index is 2.01. The number of likely N-dealkylation sites (tertiary alicyclic amines) is 1. The molecule has 7 heteroatoms. The minimum absolute atomic E-state index is 0.0766. The molecule has 0 aliphatic carbocycles. The van der Waals surface area contributed by atoms with Gasteiger partial charge in [-0.15, -0.1) is 0 Å². The minimum Gasteiger partial charge on any atom is -0.508 e. The minimum atomic E-state index is -1.14. The van der Waals surface area contributed by atoms with Gasteiger partial charge in [-0.1, -0.05) is 26.0 Å². The molecule has 1 saturated heterocycles. The van der Waals surface area contributed by atoms with Gasteiger partial charge in [0.2, 0.25) is 5.78 Å². The summed E-state index contributed by atoms with van der Waals surface area (Å²) in [5.74, 6) is -2.15. The summed E-state index contributed by atoms with van der Waals surface area (Å²) in [5, 5.41) is 9.71. The number of hydrogen-bond acceptors (Lipinski definition) is 6. The lowest BCUT2D eigenvalue weighted by molar-refractivity contribution is -0.140. The van der Waals surface area contributed by atoms with Gasteiger partial charge in [0.1, 0.15) is 17.4 Å². The number of benzene rings is 2. The maximum Gasteiger partial charge on any atom is 0.291 e. The Kier molecular flexibility index (Phi) is 7.30. The monoisotopic (exact) mass is 438 g/mol. The first kappa shape index (κ1) is 23.5. The average Bonchev–Trinajstić information content (AvgIpc) is 3.04. The molecule has 0 radical (unpaired) electrons. The first-order chi connectivity index (χ1) is 15.3. The lowest BCUT2D eigenvalue weighted by atomic mass is 9.86. The van der Waals surface area contributed by atoms with Gasteiger partial charge in [-0.3, -0.25) is 14.4 Å². The first-order valence-corrected chi connectivity index (χ1v) is 10.9. The Morgan fingerprint density at radius 3 is 2.31 bits per heavy atom. The second kappa shape index (κ2) is 9.96. The van der Waals surface area contributed by atoms with Gasteiger partial charge in [0.25, 0.3) is 5.91 Å². The van der Waals surface area contributed by atoms with Crippen molar-refractivity contribution in [3.8, 4) is 11.5 Å². The van der Waals surface area contributed by atoms with Crippen molar-refractivity contribution in [2.24, 2.45) is 5.92 Å². The predicted octanol–water partition coefficient (Wildman–Crippen LogP) is 3.00. The molecular formula is C25H30N2O5. The third kappa shape index (κ3) is 4.53. The van der Waals surface area contributed by atoms with E-state index in [-0.39, 0.29) is 5.75 Å². The number of phenolic OH excluding ortho intramolecular Hbond substituents is 1. The highest BCUT2D eigenvalue weighted by molar-refractivity contribution is 6.44. The number of aryl methyl sites for hydroxylation is 1. The van der Waals surface area contributed by atoms with Crippen molar-refractivity contribution in [2.75, 3.05) is 33.3 Å². The molecule has 0 spiro atoms. The van der Waals surface area contributed by atoms with Gasteiger partial charge in [-0.05, 0) is 61.5 Å². The van der Waals surface area contributed by atoms with Crippen LogP contribution in [-0.4, -0.2) is 65.7 Å². The van der Waals surface area contributed by atoms with E-state index in [0.29, 0.717) is 30.0 Å². The van der Waals surface area contributed by atoms with Crippen LogP contribution in [0.5, 0.6) is 11.5 Å². The summed E-state index contributed by atoms with van der Waals surface area (Å²) < 4.78 is 5.27. The van der Waals surface area contributed by atoms with Gasteiger partial charge in [0, 0.05) is 18.7 Å². The van der Waals surface area contributed by atoms with Gasteiger partial charge >= 0.3 is 0 Å². The Hall–Kier alpha value is -3.19. The molecule has 1 heterocycles. The molecular weight excluding hydrogens is 408 g/mol. The molecule has 2 atom stereocenters. The average molecular weight is 439 g/mol. The lowest BCUT2D eigenvalue weighted by Crippen LogP contribution is -2.38. The molecule has 32 heavy (non-hydrogen) atoms. The molecule has 3 rings (SSSR count). The fourth-order valence-corrected chi connectivity index (χ4v) is 4.27. The number of nitrogens with zero attached hydrogens (tertiary/aromatic N) is 2. The van der Waals surface area contributed by atoms with E-state index in [9.17, 15) is 19.5 Å². The number of aromatic hydroxyl groups is 1. The van der Waals surface area contributed by atoms with Crippen LogP contribution < -0.4 is 4.74 Å². The molecule has 1 aliphatic rings. The number of carbonyl (C=O) groups is 3. The molecule has 2 aromatic rings. The topological polar surface area (TPSA) is 87.2 Å². The van der Waals surface area contributed by atoms with Crippen molar-refractivity contribution >= 4 is 17.5 Å². The molecule has 1 N–H and O–H groups in total. The number of ketones is 2. The number of likely N-dealkylation sites (N-methyl/N-ethyl adjacent to an activating group) is 1. The number of rotatable bonds is 9. The van der Waals surface area contributed by atoms with Crippen molar-refractivity contribution < 1.29 is 24.2 Å². The number of hydrogen-bond donors (Lipinski definition) is 1. The Morgan fingerprint density at radius 2 is 1.75 bits per heavy atom. The van der Waals surface area contributed by atoms with E-state index in [0.717, 1.165) is 18.7 Å². The molecule has 2 aromatic carbocycles. The summed E-state index contributed by atoms with van der Waals surface area (Å²) in [4.78, 5) is 43.2. The standard InChI is InChI=1S/C25H30N2O5/c1-5-26(6-2)13-14-27-22(17-7-10-19(28)11-8-17)21(24(30)25(27)31)23(29)18-9-12-20(32-4)16(3)15-18/h7-12,15,21-22,28H,5-6,13-14H2,1-4H3. The van der Waals surface area contributed by atoms with Crippen molar-refractivity contribution in [2.45, 2.75) is 26.8 Å². The summed E-state index contributed by atoms with van der Waals surface area (Å²) >= 11 is 0. The largest absolute Gasteiger partial charge is 0.508 e. The van der Waals surface area contributed by atoms with Crippen molar-refractivity contribution in [3.05, 3.63) is 59.2 Å². The Labute approximate surface area is 188 Å². The molecule has 0 saturated carbocycles. The van der Waals surface area contributed by atoms with Gasteiger partial charge in [0.15, 0.2) is 5.78 Å². The van der Waals surface area contributed by atoms with E-state index in [1.54, 1.807) is 37.4 Å². The van der Waals surface area contributed by atoms with Crippen LogP contribution in [0.15, 0.2) is 42.5 Å². The van der Waals surface area contributed by atoms with Gasteiger partial charge in [-0.25, -0.2) is 0 Å². The fourth-order valence-electron chi connectivity index (χ4n) is 4.27. The summed E-state index contributed by atoms with van der Waals surface area (Å²) in [5.41, 5.74) is 1.78. The second-order valence-corrected chi connectivity index (χ2v) is 7.95. The van der Waals surface area contributed by atoms with Gasteiger partial charge in [-0.2, -0.15) is 0 Å².